The van der Waals surface area contributed by atoms with Crippen molar-refractivity contribution in [3.63, 3.8) is 0 Å². The van der Waals surface area contributed by atoms with Gasteiger partial charge in [-0.3, -0.25) is 4.79 Å². The van der Waals surface area contributed by atoms with Crippen LogP contribution in [-0.2, 0) is 4.79 Å². The molecule has 1 aliphatic carbocycles. The topological polar surface area (TPSA) is 69.6 Å². The van der Waals surface area contributed by atoms with Gasteiger partial charge in [0.15, 0.2) is 0 Å². The molecule has 0 aromatic carbocycles. The van der Waals surface area contributed by atoms with Crippen LogP contribution in [0.1, 0.15) is 45.4 Å². The molecule has 1 saturated carbocycles. The van der Waals surface area contributed by atoms with E-state index in [9.17, 15) is 9.59 Å². The highest BCUT2D eigenvalue weighted by Crippen LogP contribution is 2.34. The van der Waals surface area contributed by atoms with E-state index in [2.05, 4.69) is 12.2 Å². The predicted octanol–water partition coefficient (Wildman–Crippen LogP) is 1.83. The monoisotopic (exact) mass is 254 g/mol. The van der Waals surface area contributed by atoms with E-state index < -0.39 is 11.9 Å². The fourth-order valence-electron chi connectivity index (χ4n) is 2.84. The Kier molecular flexibility index (Phi) is 3.78. The second-order valence-electron chi connectivity index (χ2n) is 5.54. The van der Waals surface area contributed by atoms with E-state index in [4.69, 9.17) is 5.11 Å². The molecule has 2 fully saturated rings. The van der Waals surface area contributed by atoms with E-state index in [1.165, 1.54) is 6.42 Å². The van der Waals surface area contributed by atoms with Gasteiger partial charge >= 0.3 is 12.0 Å². The number of nitrogens with one attached hydrogen (secondary N) is 1. The number of carboxylic acid groups (broad SMARTS) is 1. The fraction of sp³-hybridized carbons (Fsp3) is 0.846. The number of piperidine rings is 1. The molecule has 1 saturated heterocycles. The van der Waals surface area contributed by atoms with Crippen LogP contribution in [0.5, 0.6) is 0 Å². The molecule has 102 valence electrons. The molecule has 2 N–H and O–H groups in total. The maximum Gasteiger partial charge on any atom is 0.317 e. The van der Waals surface area contributed by atoms with Gasteiger partial charge in [-0.15, -0.1) is 0 Å². The first kappa shape index (κ1) is 13.2. The van der Waals surface area contributed by atoms with Crippen molar-refractivity contribution in [2.24, 2.45) is 5.92 Å². The maximum absolute atomic E-state index is 12.2. The molecule has 2 amide bonds. The number of hydrogen-bond donors (Lipinski definition) is 2. The lowest BCUT2D eigenvalue weighted by molar-refractivity contribution is -0.143. The van der Waals surface area contributed by atoms with Gasteiger partial charge < -0.3 is 15.3 Å². The number of aliphatic carboxylic acids is 1. The molecule has 0 aromatic rings. The van der Waals surface area contributed by atoms with Gasteiger partial charge in [-0.25, -0.2) is 4.79 Å². The Labute approximate surface area is 108 Å². The summed E-state index contributed by atoms with van der Waals surface area (Å²) >= 11 is 0. The van der Waals surface area contributed by atoms with Crippen LogP contribution >= 0.6 is 0 Å². The van der Waals surface area contributed by atoms with Crippen molar-refractivity contribution in [2.45, 2.75) is 51.0 Å². The standard InChI is InChI=1S/C13H22N2O3/c1-2-13(6-4-7-13)14-12(18)15-8-3-5-10(9-15)11(16)17/h10H,2-9H2,1H3,(H,14,18)(H,16,17)/t10-/m1/s1. The Balaban J connectivity index is 1.90. The van der Waals surface area contributed by atoms with Crippen LogP contribution in [0.3, 0.4) is 0 Å². The van der Waals surface area contributed by atoms with Crippen LogP contribution in [0.4, 0.5) is 4.79 Å². The molecular formula is C13H22N2O3. The van der Waals surface area contributed by atoms with Gasteiger partial charge in [0, 0.05) is 18.6 Å². The molecule has 2 aliphatic rings. The number of carbonyl (C=O) groups excluding carboxylic acids is 1. The molecule has 0 unspecified atom stereocenters. The van der Waals surface area contributed by atoms with Crippen LogP contribution in [0.25, 0.3) is 0 Å². The zero-order chi connectivity index (χ0) is 13.2. The Bertz CT molecular complexity index is 334. The molecule has 5 heteroatoms. The minimum atomic E-state index is -0.790. The van der Waals surface area contributed by atoms with Gasteiger partial charge in [0.05, 0.1) is 5.92 Å². The van der Waals surface area contributed by atoms with Crippen molar-refractivity contribution in [3.05, 3.63) is 0 Å². The van der Waals surface area contributed by atoms with E-state index in [1.54, 1.807) is 4.90 Å². The van der Waals surface area contributed by atoms with Crippen LogP contribution in [0.2, 0.25) is 0 Å². The van der Waals surface area contributed by atoms with Crippen LogP contribution < -0.4 is 5.32 Å². The molecule has 1 aliphatic heterocycles. The van der Waals surface area contributed by atoms with Crippen LogP contribution in [-0.4, -0.2) is 40.6 Å². The molecule has 0 spiro atoms. The van der Waals surface area contributed by atoms with Crippen LogP contribution in [0.15, 0.2) is 0 Å². The molecular weight excluding hydrogens is 232 g/mol. The summed E-state index contributed by atoms with van der Waals surface area (Å²) in [5.74, 6) is -1.19. The van der Waals surface area contributed by atoms with Gasteiger partial charge in [-0.2, -0.15) is 0 Å². The van der Waals surface area contributed by atoms with Crippen molar-refractivity contribution in [1.29, 1.82) is 0 Å². The van der Waals surface area contributed by atoms with E-state index in [1.807, 2.05) is 0 Å². The number of likely N-dealkylation sites (tertiary alicyclic amines) is 1. The Morgan fingerprint density at radius 2 is 2.11 bits per heavy atom. The first-order valence-corrected chi connectivity index (χ1v) is 6.86. The summed E-state index contributed by atoms with van der Waals surface area (Å²) < 4.78 is 0. The maximum atomic E-state index is 12.2. The quantitative estimate of drug-likeness (QED) is 0.807. The van der Waals surface area contributed by atoms with Gasteiger partial charge in [-0.1, -0.05) is 6.92 Å². The van der Waals surface area contributed by atoms with E-state index in [-0.39, 0.29) is 11.6 Å². The molecule has 1 atom stereocenters. The zero-order valence-electron chi connectivity index (χ0n) is 10.9. The van der Waals surface area contributed by atoms with E-state index in [0.717, 1.165) is 25.7 Å². The highest BCUT2D eigenvalue weighted by molar-refractivity contribution is 5.77. The first-order chi connectivity index (χ1) is 8.56. The number of carbonyl (C=O) groups is 2. The Hall–Kier alpha value is -1.26. The van der Waals surface area contributed by atoms with Crippen molar-refractivity contribution < 1.29 is 14.7 Å². The van der Waals surface area contributed by atoms with E-state index in [0.29, 0.717) is 19.5 Å². The largest absolute Gasteiger partial charge is 0.481 e. The van der Waals surface area contributed by atoms with Crippen LogP contribution in [0, 0.1) is 5.92 Å². The summed E-state index contributed by atoms with van der Waals surface area (Å²) in [5, 5.41) is 12.1. The van der Waals surface area contributed by atoms with E-state index >= 15 is 0 Å². The normalized spacial score (nSPS) is 26.3. The van der Waals surface area contributed by atoms with Gasteiger partial charge in [-0.05, 0) is 38.5 Å². The summed E-state index contributed by atoms with van der Waals surface area (Å²) in [6.45, 7) is 3.12. The lowest BCUT2D eigenvalue weighted by Crippen LogP contribution is -2.58. The number of urea groups is 1. The molecule has 0 bridgehead atoms. The highest BCUT2D eigenvalue weighted by Gasteiger charge is 2.38. The number of nitrogens with zero attached hydrogens (tertiary/aromatic N) is 1. The number of amides is 2. The second kappa shape index (κ2) is 5.16. The van der Waals surface area contributed by atoms with Crippen molar-refractivity contribution >= 4 is 12.0 Å². The third kappa shape index (κ3) is 2.60. The number of rotatable bonds is 3. The number of carboxylic acids is 1. The molecule has 2 rings (SSSR count). The summed E-state index contributed by atoms with van der Waals surface area (Å²) in [6.07, 6.45) is 5.68. The average molecular weight is 254 g/mol. The Morgan fingerprint density at radius 1 is 1.39 bits per heavy atom. The summed E-state index contributed by atoms with van der Waals surface area (Å²) in [7, 11) is 0. The summed E-state index contributed by atoms with van der Waals surface area (Å²) in [4.78, 5) is 24.8. The van der Waals surface area contributed by atoms with Gasteiger partial charge in [0.2, 0.25) is 0 Å². The molecule has 1 heterocycles. The third-order valence-electron chi connectivity index (χ3n) is 4.42. The minimum Gasteiger partial charge on any atom is -0.481 e. The lowest BCUT2D eigenvalue weighted by atomic mass is 9.75. The van der Waals surface area contributed by atoms with Crippen molar-refractivity contribution in [1.82, 2.24) is 10.2 Å². The highest BCUT2D eigenvalue weighted by atomic mass is 16.4. The summed E-state index contributed by atoms with van der Waals surface area (Å²) in [5.41, 5.74) is -0.0206. The van der Waals surface area contributed by atoms with Crippen molar-refractivity contribution in [2.75, 3.05) is 13.1 Å². The molecule has 0 radical (unpaired) electrons. The zero-order valence-corrected chi connectivity index (χ0v) is 10.9. The van der Waals surface area contributed by atoms with Crippen molar-refractivity contribution in [3.8, 4) is 0 Å². The smallest absolute Gasteiger partial charge is 0.317 e. The lowest BCUT2D eigenvalue weighted by Gasteiger charge is -2.44. The molecule has 0 aromatic heterocycles. The summed E-state index contributed by atoms with van der Waals surface area (Å²) in [6, 6.07) is -0.0810. The number of hydrogen-bond acceptors (Lipinski definition) is 2. The Morgan fingerprint density at radius 3 is 2.61 bits per heavy atom. The predicted molar refractivity (Wildman–Crippen MR) is 67.3 cm³/mol. The average Bonchev–Trinajstić information content (AvgIpc) is 2.33. The first-order valence-electron chi connectivity index (χ1n) is 6.86. The molecule has 18 heavy (non-hydrogen) atoms. The third-order valence-corrected chi connectivity index (χ3v) is 4.42. The van der Waals surface area contributed by atoms with Gasteiger partial charge in [0.25, 0.3) is 0 Å². The second-order valence-corrected chi connectivity index (χ2v) is 5.54. The van der Waals surface area contributed by atoms with Gasteiger partial charge in [0.1, 0.15) is 0 Å². The fourth-order valence-corrected chi connectivity index (χ4v) is 2.84. The molecule has 5 nitrogen and oxygen atoms in total. The minimum absolute atomic E-state index is 0.0206. The SMILES string of the molecule is CCC1(NC(=O)N2CCC[C@@H](C(=O)O)C2)CCC1.